The second kappa shape index (κ2) is 11.0. The smallest absolute Gasteiger partial charge is 0.312 e. The van der Waals surface area contributed by atoms with Crippen LogP contribution in [0.4, 0.5) is 11.4 Å². The fourth-order valence-corrected chi connectivity index (χ4v) is 4.68. The lowest BCUT2D eigenvalue weighted by molar-refractivity contribution is -0.386. The Bertz CT molecular complexity index is 1710. The minimum Gasteiger partial charge on any atom is -0.481 e. The largest absolute Gasteiger partial charge is 0.481 e. The Morgan fingerprint density at radius 3 is 2.46 bits per heavy atom. The van der Waals surface area contributed by atoms with Crippen molar-refractivity contribution < 1.29 is 14.6 Å². The number of non-ortho nitro benzene ring substituents is 1. The van der Waals surface area contributed by atoms with Crippen LogP contribution in [-0.2, 0) is 12.0 Å². The summed E-state index contributed by atoms with van der Waals surface area (Å²) in [5, 5.41) is 27.6. The lowest BCUT2D eigenvalue weighted by Gasteiger charge is -2.20. The maximum atomic E-state index is 13.4. The van der Waals surface area contributed by atoms with Gasteiger partial charge in [0.2, 0.25) is 5.75 Å². The number of nitro benzene ring substituents is 2. The van der Waals surface area contributed by atoms with E-state index in [1.165, 1.54) is 35.2 Å². The van der Waals surface area contributed by atoms with Crippen LogP contribution in [0.3, 0.4) is 0 Å². The Labute approximate surface area is 238 Å². The monoisotopic (exact) mass is 657 g/mol. The highest BCUT2D eigenvalue weighted by atomic mass is 79.9. The van der Waals surface area contributed by atoms with Gasteiger partial charge in [0, 0.05) is 33.7 Å². The zero-order valence-corrected chi connectivity index (χ0v) is 24.1. The Hall–Kier alpha value is -3.97. The van der Waals surface area contributed by atoms with Gasteiger partial charge in [-0.3, -0.25) is 25.0 Å². The van der Waals surface area contributed by atoms with E-state index in [4.69, 9.17) is 4.74 Å². The van der Waals surface area contributed by atoms with Crippen molar-refractivity contribution in [3.8, 4) is 5.75 Å². The predicted molar refractivity (Wildman–Crippen MR) is 154 cm³/mol. The number of nitro groups is 2. The van der Waals surface area contributed by atoms with E-state index in [1.54, 1.807) is 30.3 Å². The zero-order valence-electron chi connectivity index (χ0n) is 20.9. The van der Waals surface area contributed by atoms with E-state index in [0.717, 1.165) is 0 Å². The van der Waals surface area contributed by atoms with Crippen LogP contribution in [0.5, 0.6) is 5.75 Å². The van der Waals surface area contributed by atoms with Crippen LogP contribution in [0, 0.1) is 20.2 Å². The van der Waals surface area contributed by atoms with Crippen LogP contribution in [-0.4, -0.2) is 25.7 Å². The molecule has 39 heavy (non-hydrogen) atoms. The van der Waals surface area contributed by atoms with E-state index in [9.17, 15) is 25.0 Å². The molecule has 0 saturated carbocycles. The number of ether oxygens (including phenoxy) is 1. The Balaban J connectivity index is 1.73. The van der Waals surface area contributed by atoms with Gasteiger partial charge in [0.05, 0.1) is 31.4 Å². The summed E-state index contributed by atoms with van der Waals surface area (Å²) in [7, 11) is 0. The molecule has 0 saturated heterocycles. The van der Waals surface area contributed by atoms with Gasteiger partial charge in [0.15, 0.2) is 0 Å². The van der Waals surface area contributed by atoms with Crippen molar-refractivity contribution in [2.45, 2.75) is 32.8 Å². The van der Waals surface area contributed by atoms with Gasteiger partial charge in [-0.2, -0.15) is 9.78 Å². The van der Waals surface area contributed by atoms with E-state index in [-0.39, 0.29) is 33.8 Å². The highest BCUT2D eigenvalue weighted by Gasteiger charge is 2.24. The average molecular weight is 659 g/mol. The minimum atomic E-state index is -0.604. The van der Waals surface area contributed by atoms with E-state index in [0.29, 0.717) is 32.3 Å². The number of hydrogen-bond acceptors (Lipinski definition) is 8. The van der Waals surface area contributed by atoms with Crippen molar-refractivity contribution in [2.75, 3.05) is 0 Å². The summed E-state index contributed by atoms with van der Waals surface area (Å²) >= 11 is 6.69. The lowest BCUT2D eigenvalue weighted by atomic mass is 9.95. The quantitative estimate of drug-likeness (QED) is 0.125. The molecule has 1 heterocycles. The van der Waals surface area contributed by atoms with Crippen LogP contribution < -0.4 is 10.3 Å². The molecule has 0 atom stereocenters. The number of halogens is 2. The van der Waals surface area contributed by atoms with Crippen LogP contribution >= 0.6 is 31.9 Å². The molecule has 4 aromatic rings. The molecule has 0 aliphatic rings. The molecule has 0 unspecified atom stereocenters. The van der Waals surface area contributed by atoms with Crippen LogP contribution in [0.1, 0.15) is 37.7 Å². The van der Waals surface area contributed by atoms with Gasteiger partial charge in [-0.15, -0.1) is 0 Å². The summed E-state index contributed by atoms with van der Waals surface area (Å²) in [6, 6.07) is 13.8. The molecular weight excluding hydrogens is 638 g/mol. The van der Waals surface area contributed by atoms with Crippen molar-refractivity contribution >= 4 is 60.4 Å². The summed E-state index contributed by atoms with van der Waals surface area (Å²) in [6.07, 6.45) is 1.34. The van der Waals surface area contributed by atoms with E-state index >= 15 is 0 Å². The minimum absolute atomic E-state index is 0.0478. The third-order valence-corrected chi connectivity index (χ3v) is 6.63. The first-order chi connectivity index (χ1) is 18.3. The molecule has 1 aromatic heterocycles. The highest BCUT2D eigenvalue weighted by molar-refractivity contribution is 9.10. The van der Waals surface area contributed by atoms with Gasteiger partial charge < -0.3 is 4.74 Å². The third-order valence-electron chi connectivity index (χ3n) is 5.55. The first-order valence-corrected chi connectivity index (χ1v) is 13.0. The molecule has 0 aliphatic carbocycles. The number of nitrogens with zero attached hydrogens (tertiary/aromatic N) is 5. The summed E-state index contributed by atoms with van der Waals surface area (Å²) in [6.45, 7) is 5.58. The Morgan fingerprint density at radius 2 is 1.79 bits per heavy atom. The van der Waals surface area contributed by atoms with Crippen LogP contribution in [0.15, 0.2) is 73.4 Å². The Kier molecular flexibility index (Phi) is 7.93. The molecule has 13 heteroatoms. The molecule has 0 amide bonds. The topological polar surface area (TPSA) is 143 Å². The SMILES string of the molecule is CC(C)(C)c1nc2ccc(Br)cc2c(=O)n1N=Cc1cc(Br)c(OCc2cccc([N+](=O)[O-])c2)c([N+](=O)[O-])c1. The fourth-order valence-electron chi connectivity index (χ4n) is 3.73. The fraction of sp³-hybridized carbons (Fsp3) is 0.192. The molecule has 0 N–H and O–H groups in total. The molecule has 0 bridgehead atoms. The number of fused-ring (bicyclic) bond motifs is 1. The molecular formula is C26H21Br2N5O6. The van der Waals surface area contributed by atoms with Crippen molar-refractivity contribution in [1.82, 2.24) is 9.66 Å². The van der Waals surface area contributed by atoms with Gasteiger partial charge in [-0.1, -0.05) is 48.8 Å². The molecule has 3 aromatic carbocycles. The van der Waals surface area contributed by atoms with Gasteiger partial charge >= 0.3 is 5.69 Å². The molecule has 0 radical (unpaired) electrons. The van der Waals surface area contributed by atoms with Gasteiger partial charge in [0.25, 0.3) is 11.2 Å². The Morgan fingerprint density at radius 1 is 1.05 bits per heavy atom. The summed E-state index contributed by atoms with van der Waals surface area (Å²) in [5.41, 5.74) is -0.0416. The summed E-state index contributed by atoms with van der Waals surface area (Å²) in [4.78, 5) is 39.8. The standard InChI is InChI=1S/C26H21Br2N5O6/c1-26(2,3)25-30-21-8-7-17(27)12-19(21)24(34)31(25)29-13-16-10-20(28)23(22(11-16)33(37)38)39-14-15-5-4-6-18(9-15)32(35)36/h4-13H,14H2,1-3H3. The van der Waals surface area contributed by atoms with Gasteiger partial charge in [0.1, 0.15) is 12.4 Å². The summed E-state index contributed by atoms with van der Waals surface area (Å²) < 4.78 is 7.87. The second-order valence-electron chi connectivity index (χ2n) is 9.53. The maximum absolute atomic E-state index is 13.4. The lowest BCUT2D eigenvalue weighted by Crippen LogP contribution is -2.29. The highest BCUT2D eigenvalue weighted by Crippen LogP contribution is 2.37. The molecule has 0 aliphatic heterocycles. The molecule has 4 rings (SSSR count). The average Bonchev–Trinajstić information content (AvgIpc) is 2.87. The second-order valence-corrected chi connectivity index (χ2v) is 11.3. The first-order valence-electron chi connectivity index (χ1n) is 11.5. The van der Waals surface area contributed by atoms with Crippen LogP contribution in [0.2, 0.25) is 0 Å². The normalized spacial score (nSPS) is 11.7. The summed E-state index contributed by atoms with van der Waals surface area (Å²) in [5.74, 6) is 0.373. The molecule has 0 spiro atoms. The van der Waals surface area contributed by atoms with Gasteiger partial charge in [-0.05, 0) is 45.8 Å². The first kappa shape index (κ1) is 28.0. The van der Waals surface area contributed by atoms with Crippen molar-refractivity contribution in [3.63, 3.8) is 0 Å². The van der Waals surface area contributed by atoms with Crippen LogP contribution in [0.25, 0.3) is 10.9 Å². The predicted octanol–water partition coefficient (Wildman–Crippen LogP) is 6.50. The van der Waals surface area contributed by atoms with E-state index in [2.05, 4.69) is 41.9 Å². The van der Waals surface area contributed by atoms with E-state index in [1.807, 2.05) is 20.8 Å². The van der Waals surface area contributed by atoms with Gasteiger partial charge in [-0.25, -0.2) is 4.98 Å². The van der Waals surface area contributed by atoms with E-state index < -0.39 is 15.3 Å². The van der Waals surface area contributed by atoms with Crippen molar-refractivity contribution in [3.05, 3.63) is 111 Å². The van der Waals surface area contributed by atoms with Crippen molar-refractivity contribution in [1.29, 1.82) is 0 Å². The van der Waals surface area contributed by atoms with Crippen molar-refractivity contribution in [2.24, 2.45) is 5.10 Å². The molecule has 200 valence electrons. The molecule has 0 fully saturated rings. The number of aromatic nitrogens is 2. The number of hydrogen-bond donors (Lipinski definition) is 0. The maximum Gasteiger partial charge on any atom is 0.312 e. The zero-order chi connectivity index (χ0) is 28.5. The number of rotatable bonds is 7. The number of benzene rings is 3. The third kappa shape index (κ3) is 6.20. The molecule has 11 nitrogen and oxygen atoms in total.